The molecule has 0 unspecified atom stereocenters. The molecule has 0 radical (unpaired) electrons. The molecule has 180 valence electrons. The normalized spacial score (nSPS) is 13.1. The highest BCUT2D eigenvalue weighted by Crippen LogP contribution is 2.28. The maximum atomic E-state index is 12.8. The molecule has 0 aliphatic heterocycles. The minimum atomic E-state index is -2.27. The summed E-state index contributed by atoms with van der Waals surface area (Å²) in [4.78, 5) is 42.7. The summed E-state index contributed by atoms with van der Waals surface area (Å²) >= 11 is 0. The van der Waals surface area contributed by atoms with Crippen molar-refractivity contribution in [3.05, 3.63) is 47.5 Å². The van der Waals surface area contributed by atoms with Crippen LogP contribution in [0.2, 0.25) is 0 Å². The van der Waals surface area contributed by atoms with Crippen molar-refractivity contribution in [3.63, 3.8) is 0 Å². The second kappa shape index (κ2) is 10.4. The molecule has 0 amide bonds. The van der Waals surface area contributed by atoms with E-state index in [-0.39, 0.29) is 30.7 Å². The third kappa shape index (κ3) is 6.46. The first-order chi connectivity index (χ1) is 15.4. The first-order valence-electron chi connectivity index (χ1n) is 10.2. The van der Waals surface area contributed by atoms with Gasteiger partial charge in [-0.25, -0.2) is 14.4 Å². The molecular formula is C22H29N3O8. The van der Waals surface area contributed by atoms with Gasteiger partial charge >= 0.3 is 17.9 Å². The number of nitrogens with zero attached hydrogens (tertiary/aromatic N) is 1. The number of esters is 2. The van der Waals surface area contributed by atoms with Crippen molar-refractivity contribution in [1.82, 2.24) is 4.73 Å². The Hall–Kier alpha value is -3.57. The van der Waals surface area contributed by atoms with Crippen molar-refractivity contribution in [1.29, 1.82) is 0 Å². The summed E-state index contributed by atoms with van der Waals surface area (Å²) in [6, 6.07) is 9.63. The van der Waals surface area contributed by atoms with Gasteiger partial charge in [0.2, 0.25) is 17.3 Å². The smallest absolute Gasteiger partial charge is 0.364 e. The maximum absolute atomic E-state index is 12.8. The van der Waals surface area contributed by atoms with Gasteiger partial charge in [0.1, 0.15) is 17.8 Å². The van der Waals surface area contributed by atoms with Crippen LogP contribution >= 0.6 is 0 Å². The molecule has 11 heteroatoms. The predicted molar refractivity (Wildman–Crippen MR) is 116 cm³/mol. The first-order valence-corrected chi connectivity index (χ1v) is 10.2. The van der Waals surface area contributed by atoms with Gasteiger partial charge in [0.25, 0.3) is 0 Å². The van der Waals surface area contributed by atoms with Crippen LogP contribution < -0.4 is 16.3 Å². The molecule has 0 spiro atoms. The summed E-state index contributed by atoms with van der Waals surface area (Å²) in [5.41, 5.74) is 8.53. The maximum Gasteiger partial charge on any atom is 0.364 e. The first kappa shape index (κ1) is 25.7. The molecule has 0 saturated carbocycles. The molecule has 6 N–H and O–H groups in total. The van der Waals surface area contributed by atoms with Gasteiger partial charge in [0.15, 0.2) is 0 Å². The molecule has 0 aliphatic rings. The standard InChI is InChI=1S/C22H29N3O8/c1-21(2,3)32-19(29)22(24,10-7-11-23)20(30)33-25-16(26)12-15(17(25)27)18(28)31-13-14-8-5-4-6-9-14/h4-6,8-9,12,26-27H,7,10-11,13,23-24H2,1-3H3/t22-/m0/s1. The van der Waals surface area contributed by atoms with Gasteiger partial charge < -0.3 is 36.0 Å². The lowest BCUT2D eigenvalue weighted by molar-refractivity contribution is -0.172. The summed E-state index contributed by atoms with van der Waals surface area (Å²) in [5.74, 6) is -5.07. The molecule has 0 saturated heterocycles. The number of aromatic hydroxyl groups is 2. The number of ether oxygens (including phenoxy) is 2. The average molecular weight is 463 g/mol. The molecule has 1 aromatic heterocycles. The topological polar surface area (TPSA) is 176 Å². The largest absolute Gasteiger partial charge is 0.492 e. The molecule has 1 atom stereocenters. The summed E-state index contributed by atoms with van der Waals surface area (Å²) in [5, 5.41) is 20.4. The van der Waals surface area contributed by atoms with E-state index in [1.807, 2.05) is 0 Å². The second-order valence-corrected chi connectivity index (χ2v) is 8.34. The second-order valence-electron chi connectivity index (χ2n) is 8.34. The van der Waals surface area contributed by atoms with Crippen LogP contribution in [0.3, 0.4) is 0 Å². The van der Waals surface area contributed by atoms with E-state index in [1.165, 1.54) is 0 Å². The Morgan fingerprint density at radius 1 is 1.06 bits per heavy atom. The SMILES string of the molecule is CC(C)(C)OC(=O)[C@@](N)(CCCN)C(=O)On1c(O)cc(C(=O)OCc2ccccc2)c1O. The molecule has 33 heavy (non-hydrogen) atoms. The summed E-state index contributed by atoms with van der Waals surface area (Å²) in [7, 11) is 0. The number of carbonyl (C=O) groups is 3. The third-order valence-corrected chi connectivity index (χ3v) is 4.42. The van der Waals surface area contributed by atoms with Crippen LogP contribution in [-0.2, 0) is 25.7 Å². The van der Waals surface area contributed by atoms with Crippen LogP contribution in [0.1, 0.15) is 49.5 Å². The highest BCUT2D eigenvalue weighted by atomic mass is 16.7. The lowest BCUT2D eigenvalue weighted by Crippen LogP contribution is -2.60. The van der Waals surface area contributed by atoms with Gasteiger partial charge in [-0.05, 0) is 45.7 Å². The fraction of sp³-hybridized carbons (Fsp3) is 0.409. The summed E-state index contributed by atoms with van der Waals surface area (Å²) < 4.78 is 10.6. The Labute approximate surface area is 190 Å². The zero-order valence-electron chi connectivity index (χ0n) is 18.7. The minimum Gasteiger partial charge on any atom is -0.492 e. The van der Waals surface area contributed by atoms with Crippen molar-refractivity contribution < 1.29 is 38.9 Å². The Morgan fingerprint density at radius 3 is 2.27 bits per heavy atom. The molecule has 1 heterocycles. The molecule has 0 bridgehead atoms. The van der Waals surface area contributed by atoms with Crippen LogP contribution in [0, 0.1) is 0 Å². The van der Waals surface area contributed by atoms with Gasteiger partial charge in [-0.2, -0.15) is 0 Å². The van der Waals surface area contributed by atoms with Crippen molar-refractivity contribution in [2.45, 2.75) is 51.4 Å². The van der Waals surface area contributed by atoms with E-state index < -0.39 is 46.4 Å². The molecule has 2 aromatic rings. The molecule has 11 nitrogen and oxygen atoms in total. The zero-order valence-corrected chi connectivity index (χ0v) is 18.7. The molecule has 1 aromatic carbocycles. The average Bonchev–Trinajstić information content (AvgIpc) is 3.03. The Bertz CT molecular complexity index is 997. The van der Waals surface area contributed by atoms with Crippen molar-refractivity contribution in [3.8, 4) is 11.8 Å². The predicted octanol–water partition coefficient (Wildman–Crippen LogP) is 0.990. The van der Waals surface area contributed by atoms with Gasteiger partial charge in [-0.15, -0.1) is 4.73 Å². The van der Waals surface area contributed by atoms with Crippen LogP contribution in [0.15, 0.2) is 36.4 Å². The number of nitrogens with two attached hydrogens (primary N) is 2. The van der Waals surface area contributed by atoms with Crippen LogP contribution in [0.5, 0.6) is 11.8 Å². The molecular weight excluding hydrogens is 434 g/mol. The van der Waals surface area contributed by atoms with E-state index in [0.717, 1.165) is 6.07 Å². The number of benzene rings is 1. The lowest BCUT2D eigenvalue weighted by atomic mass is 9.94. The van der Waals surface area contributed by atoms with Gasteiger partial charge in [-0.3, -0.25) is 0 Å². The van der Waals surface area contributed by atoms with Gasteiger partial charge in [0, 0.05) is 6.07 Å². The summed E-state index contributed by atoms with van der Waals surface area (Å²) in [6.07, 6.45) is -0.0302. The van der Waals surface area contributed by atoms with Crippen molar-refractivity contribution >= 4 is 17.9 Å². The van der Waals surface area contributed by atoms with E-state index in [9.17, 15) is 24.6 Å². The van der Waals surface area contributed by atoms with Crippen LogP contribution in [-0.4, -0.2) is 50.5 Å². The Balaban J connectivity index is 2.22. The minimum absolute atomic E-state index is 0.0888. The fourth-order valence-corrected chi connectivity index (χ4v) is 2.71. The van der Waals surface area contributed by atoms with E-state index in [0.29, 0.717) is 5.56 Å². The summed E-state index contributed by atoms with van der Waals surface area (Å²) in [6.45, 7) is 4.82. The third-order valence-electron chi connectivity index (χ3n) is 4.42. The van der Waals surface area contributed by atoms with E-state index in [1.54, 1.807) is 51.1 Å². The number of rotatable bonds is 9. The van der Waals surface area contributed by atoms with E-state index >= 15 is 0 Å². The highest BCUT2D eigenvalue weighted by molar-refractivity contribution is 6.05. The van der Waals surface area contributed by atoms with Crippen LogP contribution in [0.25, 0.3) is 0 Å². The van der Waals surface area contributed by atoms with E-state index in [4.69, 9.17) is 25.8 Å². The highest BCUT2D eigenvalue weighted by Gasteiger charge is 2.47. The Kier molecular flexibility index (Phi) is 8.07. The number of hydrogen-bond donors (Lipinski definition) is 4. The zero-order chi connectivity index (χ0) is 24.8. The quantitative estimate of drug-likeness (QED) is 0.310. The molecule has 0 aliphatic carbocycles. The number of aromatic nitrogens is 1. The van der Waals surface area contributed by atoms with Gasteiger partial charge in [0.05, 0.1) is 0 Å². The monoisotopic (exact) mass is 463 g/mol. The van der Waals surface area contributed by atoms with Crippen LogP contribution in [0.4, 0.5) is 0 Å². The number of hydrogen-bond acceptors (Lipinski definition) is 10. The lowest BCUT2D eigenvalue weighted by Gasteiger charge is -2.29. The molecule has 2 rings (SSSR count). The van der Waals surface area contributed by atoms with Crippen molar-refractivity contribution in [2.24, 2.45) is 11.5 Å². The molecule has 0 fully saturated rings. The van der Waals surface area contributed by atoms with E-state index in [2.05, 4.69) is 0 Å². The van der Waals surface area contributed by atoms with Crippen molar-refractivity contribution in [2.75, 3.05) is 6.54 Å². The fourth-order valence-electron chi connectivity index (χ4n) is 2.71. The Morgan fingerprint density at radius 2 is 1.70 bits per heavy atom. The number of carbonyl (C=O) groups excluding carboxylic acids is 3. The van der Waals surface area contributed by atoms with Gasteiger partial charge in [-0.1, -0.05) is 30.3 Å².